The van der Waals surface area contributed by atoms with Crippen molar-refractivity contribution in [2.75, 3.05) is 0 Å². The lowest BCUT2D eigenvalue weighted by molar-refractivity contribution is -0.130. The molecular formula is C19H19F3N2O. The number of nitrogens with zero attached hydrogens (tertiary/aromatic N) is 1. The van der Waals surface area contributed by atoms with Gasteiger partial charge in [0.15, 0.2) is 5.78 Å². The molecule has 6 heteroatoms. The summed E-state index contributed by atoms with van der Waals surface area (Å²) in [4.78, 5) is 12.2. The molecule has 0 fully saturated rings. The summed E-state index contributed by atoms with van der Waals surface area (Å²) in [6, 6.07) is 3.49. The molecule has 2 aliphatic carbocycles. The van der Waals surface area contributed by atoms with E-state index in [1.807, 2.05) is 6.92 Å². The average molecular weight is 348 g/mol. The van der Waals surface area contributed by atoms with Crippen molar-refractivity contribution in [2.45, 2.75) is 51.6 Å². The number of hydrogen-bond donors (Lipinski definition) is 1. The number of halogens is 3. The maximum Gasteiger partial charge on any atom is 0.420 e. The molecule has 1 aromatic carbocycles. The Hall–Kier alpha value is -2.11. The minimum absolute atomic E-state index is 0.0232. The average Bonchev–Trinajstić information content (AvgIpc) is 3.14. The number of aromatic amines is 1. The van der Waals surface area contributed by atoms with Crippen molar-refractivity contribution in [2.24, 2.45) is 5.41 Å². The van der Waals surface area contributed by atoms with E-state index < -0.39 is 22.9 Å². The number of fused-ring (bicyclic) bond motifs is 5. The number of carbonyl (C=O) groups excluding carboxylic acids is 1. The lowest BCUT2D eigenvalue weighted by Crippen LogP contribution is -2.34. The van der Waals surface area contributed by atoms with E-state index in [0.717, 1.165) is 29.3 Å². The number of H-pyrrole nitrogens is 1. The van der Waals surface area contributed by atoms with E-state index in [0.29, 0.717) is 24.8 Å². The summed E-state index contributed by atoms with van der Waals surface area (Å²) in [5.41, 5.74) is 1.05. The predicted molar refractivity (Wildman–Crippen MR) is 89.0 cm³/mol. The fraction of sp³-hybridized carbons (Fsp3) is 0.474. The van der Waals surface area contributed by atoms with Gasteiger partial charge in [-0.1, -0.05) is 25.8 Å². The van der Waals surface area contributed by atoms with E-state index in [4.69, 9.17) is 0 Å². The van der Waals surface area contributed by atoms with E-state index in [2.05, 4.69) is 10.2 Å². The lowest BCUT2D eigenvalue weighted by atomic mass is 9.67. The second kappa shape index (κ2) is 5.44. The SMILES string of the molecule is CCCC[C@]12CCC(=O)C(C(F)(F)F)=C1c1ccc3[nH]ncc3c1C2. The minimum Gasteiger partial charge on any atom is -0.294 e. The number of alkyl halides is 3. The number of aromatic nitrogens is 2. The maximum atomic E-state index is 13.8. The number of nitrogens with one attached hydrogen (secondary N) is 1. The van der Waals surface area contributed by atoms with Crippen LogP contribution in [-0.2, 0) is 11.2 Å². The van der Waals surface area contributed by atoms with Crippen LogP contribution in [0.4, 0.5) is 13.2 Å². The van der Waals surface area contributed by atoms with Gasteiger partial charge in [-0.15, -0.1) is 0 Å². The number of carbonyl (C=O) groups is 1. The topological polar surface area (TPSA) is 45.8 Å². The molecule has 0 saturated heterocycles. The summed E-state index contributed by atoms with van der Waals surface area (Å²) in [7, 11) is 0. The molecule has 1 atom stereocenters. The van der Waals surface area contributed by atoms with Crippen LogP contribution in [0.5, 0.6) is 0 Å². The molecular weight excluding hydrogens is 329 g/mol. The quantitative estimate of drug-likeness (QED) is 0.851. The standard InChI is InChI=1S/C19H19F3N2O/c1-2-3-7-18-8-6-15(25)17(19(20,21)22)16(18)11-4-5-14-13(10-23-24-14)12(11)9-18/h4-5,10H,2-3,6-9H2,1H3,(H,23,24)/t18-/m1/s1. The molecule has 0 unspecified atom stereocenters. The van der Waals surface area contributed by atoms with Crippen LogP contribution in [0, 0.1) is 5.41 Å². The molecule has 0 bridgehead atoms. The summed E-state index contributed by atoms with van der Waals surface area (Å²) in [5, 5.41) is 7.78. The molecule has 25 heavy (non-hydrogen) atoms. The fourth-order valence-electron chi connectivity index (χ4n) is 4.60. The predicted octanol–water partition coefficient (Wildman–Crippen LogP) is 4.97. The first-order valence-electron chi connectivity index (χ1n) is 8.68. The van der Waals surface area contributed by atoms with Crippen molar-refractivity contribution in [1.82, 2.24) is 10.2 Å². The summed E-state index contributed by atoms with van der Waals surface area (Å²) < 4.78 is 41.3. The Labute approximate surface area is 143 Å². The number of allylic oxidation sites excluding steroid dienone is 2. The van der Waals surface area contributed by atoms with Gasteiger partial charge in [-0.25, -0.2) is 0 Å². The van der Waals surface area contributed by atoms with Crippen LogP contribution in [0.3, 0.4) is 0 Å². The molecule has 0 aliphatic heterocycles. The second-order valence-electron chi connectivity index (χ2n) is 7.15. The highest BCUT2D eigenvalue weighted by Gasteiger charge is 2.53. The van der Waals surface area contributed by atoms with E-state index in [9.17, 15) is 18.0 Å². The van der Waals surface area contributed by atoms with Crippen molar-refractivity contribution in [3.63, 3.8) is 0 Å². The first-order valence-corrected chi connectivity index (χ1v) is 8.68. The van der Waals surface area contributed by atoms with Gasteiger partial charge < -0.3 is 0 Å². The van der Waals surface area contributed by atoms with Crippen LogP contribution < -0.4 is 0 Å². The summed E-state index contributed by atoms with van der Waals surface area (Å²) in [6.45, 7) is 2.04. The second-order valence-corrected chi connectivity index (χ2v) is 7.15. The van der Waals surface area contributed by atoms with Crippen LogP contribution in [0.1, 0.15) is 50.2 Å². The maximum absolute atomic E-state index is 13.8. The molecule has 1 heterocycles. The number of unbranched alkanes of at least 4 members (excludes halogenated alkanes) is 1. The van der Waals surface area contributed by atoms with Crippen LogP contribution in [-0.4, -0.2) is 22.2 Å². The molecule has 0 spiro atoms. The number of benzene rings is 1. The molecule has 0 radical (unpaired) electrons. The zero-order valence-electron chi connectivity index (χ0n) is 14.0. The van der Waals surface area contributed by atoms with Crippen LogP contribution >= 0.6 is 0 Å². The first kappa shape index (κ1) is 16.4. The Balaban J connectivity index is 2.02. The summed E-state index contributed by atoms with van der Waals surface area (Å²) >= 11 is 0. The van der Waals surface area contributed by atoms with Gasteiger partial charge in [0.1, 0.15) is 5.57 Å². The third-order valence-corrected chi connectivity index (χ3v) is 5.70. The molecule has 4 rings (SSSR count). The highest BCUT2D eigenvalue weighted by Crippen LogP contribution is 2.59. The van der Waals surface area contributed by atoms with Crippen LogP contribution in [0.2, 0.25) is 0 Å². The monoisotopic (exact) mass is 348 g/mol. The Kier molecular flexibility index (Phi) is 3.56. The molecule has 3 nitrogen and oxygen atoms in total. The zero-order valence-corrected chi connectivity index (χ0v) is 14.0. The van der Waals surface area contributed by atoms with E-state index in [-0.39, 0.29) is 12.0 Å². The van der Waals surface area contributed by atoms with E-state index >= 15 is 0 Å². The van der Waals surface area contributed by atoms with Crippen molar-refractivity contribution >= 4 is 22.3 Å². The number of Topliss-reactive ketones (excluding diaryl/α,β-unsaturated/α-hetero) is 1. The minimum atomic E-state index is -4.61. The lowest BCUT2D eigenvalue weighted by Gasteiger charge is -2.37. The van der Waals surface area contributed by atoms with Gasteiger partial charge in [-0.2, -0.15) is 18.3 Å². The van der Waals surface area contributed by atoms with Gasteiger partial charge in [0, 0.05) is 17.2 Å². The van der Waals surface area contributed by atoms with Crippen LogP contribution in [0.15, 0.2) is 23.9 Å². The van der Waals surface area contributed by atoms with Crippen LogP contribution in [0.25, 0.3) is 16.5 Å². The van der Waals surface area contributed by atoms with Crippen molar-refractivity contribution in [3.05, 3.63) is 35.0 Å². The molecule has 2 aromatic rings. The van der Waals surface area contributed by atoms with Crippen molar-refractivity contribution in [1.29, 1.82) is 0 Å². The van der Waals surface area contributed by atoms with Gasteiger partial charge >= 0.3 is 6.18 Å². The van der Waals surface area contributed by atoms with Gasteiger partial charge in [-0.3, -0.25) is 9.89 Å². The molecule has 132 valence electrons. The van der Waals surface area contributed by atoms with E-state index in [1.54, 1.807) is 18.3 Å². The van der Waals surface area contributed by atoms with Gasteiger partial charge in [0.2, 0.25) is 0 Å². The molecule has 0 amide bonds. The fourth-order valence-corrected chi connectivity index (χ4v) is 4.60. The van der Waals surface area contributed by atoms with Crippen molar-refractivity contribution in [3.8, 4) is 0 Å². The molecule has 2 aliphatic rings. The number of rotatable bonds is 3. The van der Waals surface area contributed by atoms with Gasteiger partial charge in [-0.05, 0) is 42.0 Å². The Morgan fingerprint density at radius 3 is 2.84 bits per heavy atom. The summed E-state index contributed by atoms with van der Waals surface area (Å²) in [6.07, 6.45) is 0.541. The largest absolute Gasteiger partial charge is 0.420 e. The van der Waals surface area contributed by atoms with Gasteiger partial charge in [0.25, 0.3) is 0 Å². The van der Waals surface area contributed by atoms with E-state index in [1.165, 1.54) is 0 Å². The Morgan fingerprint density at radius 2 is 2.12 bits per heavy atom. The Morgan fingerprint density at radius 1 is 1.32 bits per heavy atom. The van der Waals surface area contributed by atoms with Crippen molar-refractivity contribution < 1.29 is 18.0 Å². The molecule has 1 aromatic heterocycles. The molecule has 0 saturated carbocycles. The first-order chi connectivity index (χ1) is 11.9. The number of ketones is 1. The molecule has 1 N–H and O–H groups in total. The smallest absolute Gasteiger partial charge is 0.294 e. The highest BCUT2D eigenvalue weighted by atomic mass is 19.4. The third kappa shape index (κ3) is 2.34. The number of hydrogen-bond acceptors (Lipinski definition) is 2. The zero-order chi connectivity index (χ0) is 17.8. The third-order valence-electron chi connectivity index (χ3n) is 5.70. The normalized spacial score (nSPS) is 23.3. The van der Waals surface area contributed by atoms with Gasteiger partial charge in [0.05, 0.1) is 11.7 Å². The summed E-state index contributed by atoms with van der Waals surface area (Å²) in [5.74, 6) is -0.769. The Bertz CT molecular complexity index is 894. The highest BCUT2D eigenvalue weighted by molar-refractivity contribution is 6.09.